The maximum atomic E-state index is 11.9. The van der Waals surface area contributed by atoms with E-state index in [1.807, 2.05) is 24.3 Å². The summed E-state index contributed by atoms with van der Waals surface area (Å²) in [5.74, 6) is -0.837. The van der Waals surface area contributed by atoms with Crippen LogP contribution in [0.5, 0.6) is 0 Å². The van der Waals surface area contributed by atoms with Gasteiger partial charge in [0.05, 0.1) is 0 Å². The van der Waals surface area contributed by atoms with Crippen LogP contribution in [0.1, 0.15) is 29.5 Å². The van der Waals surface area contributed by atoms with Crippen molar-refractivity contribution in [3.8, 4) is 11.1 Å². The number of rotatable bonds is 3. The summed E-state index contributed by atoms with van der Waals surface area (Å²) in [6, 6.07) is 14.1. The minimum atomic E-state index is -0.809. The van der Waals surface area contributed by atoms with E-state index in [9.17, 15) is 14.4 Å². The molecular weight excluding hydrogens is 320 g/mol. The van der Waals surface area contributed by atoms with E-state index < -0.39 is 17.9 Å². The first kappa shape index (κ1) is 15.4. The van der Waals surface area contributed by atoms with Gasteiger partial charge in [-0.25, -0.2) is 10.2 Å². The molecule has 0 spiro atoms. The predicted octanol–water partition coefficient (Wildman–Crippen LogP) is 2.55. The molecule has 0 bridgehead atoms. The summed E-state index contributed by atoms with van der Waals surface area (Å²) in [5, 5.41) is 0.730. The summed E-state index contributed by atoms with van der Waals surface area (Å²) in [5.41, 5.74) is 7.88. The lowest BCUT2D eigenvalue weighted by Gasteiger charge is -2.15. The molecule has 0 unspecified atom stereocenters. The fraction of sp³-hybridized carbons (Fsp3) is 0.211. The number of benzene rings is 2. The number of ether oxygens (including phenoxy) is 1. The number of imide groups is 1. The lowest BCUT2D eigenvalue weighted by molar-refractivity contribution is -0.141. The molecule has 1 fully saturated rings. The Morgan fingerprint density at radius 2 is 1.72 bits per heavy atom. The average molecular weight is 336 g/mol. The van der Waals surface area contributed by atoms with Crippen LogP contribution in [0, 0.1) is 0 Å². The van der Waals surface area contributed by atoms with Crippen molar-refractivity contribution in [1.82, 2.24) is 10.4 Å². The number of nitrogens with zero attached hydrogens (tertiary/aromatic N) is 1. The van der Waals surface area contributed by atoms with E-state index in [2.05, 4.69) is 23.6 Å². The Bertz CT molecular complexity index is 875. The Morgan fingerprint density at radius 3 is 2.52 bits per heavy atom. The highest BCUT2D eigenvalue weighted by atomic mass is 16.6. The third kappa shape index (κ3) is 2.76. The molecule has 1 saturated heterocycles. The van der Waals surface area contributed by atoms with Crippen molar-refractivity contribution < 1.29 is 19.1 Å². The van der Waals surface area contributed by atoms with Gasteiger partial charge in [-0.3, -0.25) is 9.59 Å². The van der Waals surface area contributed by atoms with Gasteiger partial charge in [-0.1, -0.05) is 42.5 Å². The summed E-state index contributed by atoms with van der Waals surface area (Å²) < 4.78 is 5.21. The molecule has 25 heavy (non-hydrogen) atoms. The molecule has 0 atom stereocenters. The van der Waals surface area contributed by atoms with Crippen molar-refractivity contribution in [1.29, 1.82) is 0 Å². The molecule has 1 aliphatic heterocycles. The Hall–Kier alpha value is -3.15. The Morgan fingerprint density at radius 1 is 1.00 bits per heavy atom. The molecule has 6 nitrogen and oxygen atoms in total. The van der Waals surface area contributed by atoms with Gasteiger partial charge in [0.15, 0.2) is 0 Å². The third-order valence-corrected chi connectivity index (χ3v) is 4.56. The maximum absolute atomic E-state index is 11.9. The minimum Gasteiger partial charge on any atom is -0.443 e. The number of hydrogen-bond acceptors (Lipinski definition) is 4. The third-order valence-electron chi connectivity index (χ3n) is 4.56. The van der Waals surface area contributed by atoms with Crippen molar-refractivity contribution in [3.63, 3.8) is 0 Å². The zero-order chi connectivity index (χ0) is 17.4. The van der Waals surface area contributed by atoms with Gasteiger partial charge >= 0.3 is 6.09 Å². The lowest BCUT2D eigenvalue weighted by Crippen LogP contribution is -2.45. The average Bonchev–Trinajstić information content (AvgIpc) is 3.15. The smallest absolute Gasteiger partial charge is 0.426 e. The zero-order valence-electron chi connectivity index (χ0n) is 13.5. The molecule has 2 aliphatic rings. The second-order valence-corrected chi connectivity index (χ2v) is 6.09. The molecule has 126 valence electrons. The van der Waals surface area contributed by atoms with E-state index in [0.717, 1.165) is 28.1 Å². The quantitative estimate of drug-likeness (QED) is 0.746. The minimum absolute atomic E-state index is 0.0826. The summed E-state index contributed by atoms with van der Waals surface area (Å²) in [7, 11) is 0. The predicted molar refractivity (Wildman–Crippen MR) is 89.1 cm³/mol. The Kier molecular flexibility index (Phi) is 3.72. The van der Waals surface area contributed by atoms with E-state index >= 15 is 0 Å². The molecule has 2 aromatic carbocycles. The molecule has 0 radical (unpaired) electrons. The molecule has 0 saturated carbocycles. The van der Waals surface area contributed by atoms with E-state index in [1.54, 1.807) is 0 Å². The molecule has 6 heteroatoms. The van der Waals surface area contributed by atoms with Crippen LogP contribution in [0.4, 0.5) is 4.79 Å². The van der Waals surface area contributed by atoms with Gasteiger partial charge in [0, 0.05) is 12.8 Å². The van der Waals surface area contributed by atoms with Gasteiger partial charge in [0.25, 0.3) is 0 Å². The first-order valence-electron chi connectivity index (χ1n) is 8.12. The van der Waals surface area contributed by atoms with Crippen LogP contribution in [0.25, 0.3) is 11.1 Å². The first-order valence-corrected chi connectivity index (χ1v) is 8.12. The van der Waals surface area contributed by atoms with Crippen molar-refractivity contribution in [2.75, 3.05) is 0 Å². The second-order valence-electron chi connectivity index (χ2n) is 6.09. The number of fused-ring (bicyclic) bond motifs is 3. The highest BCUT2D eigenvalue weighted by Crippen LogP contribution is 2.38. The topological polar surface area (TPSA) is 75.7 Å². The fourth-order valence-electron chi connectivity index (χ4n) is 3.33. The van der Waals surface area contributed by atoms with Crippen LogP contribution in [-0.4, -0.2) is 22.9 Å². The number of nitrogens with one attached hydrogen (secondary N) is 1. The molecule has 1 aliphatic carbocycles. The molecule has 4 rings (SSSR count). The number of carbonyl (C=O) groups is 3. The van der Waals surface area contributed by atoms with Crippen molar-refractivity contribution in [3.05, 3.63) is 59.2 Å². The molecule has 3 amide bonds. The van der Waals surface area contributed by atoms with Gasteiger partial charge < -0.3 is 4.74 Å². The van der Waals surface area contributed by atoms with Crippen molar-refractivity contribution in [2.24, 2.45) is 0 Å². The molecule has 2 aromatic rings. The summed E-state index contributed by atoms with van der Waals surface area (Å²) in [6.07, 6.45) is 0.222. The number of amides is 3. The van der Waals surface area contributed by atoms with Gasteiger partial charge in [0.2, 0.25) is 11.8 Å². The van der Waals surface area contributed by atoms with Crippen LogP contribution < -0.4 is 5.43 Å². The van der Waals surface area contributed by atoms with E-state index in [0.29, 0.717) is 0 Å². The van der Waals surface area contributed by atoms with Crippen LogP contribution >= 0.6 is 0 Å². The maximum Gasteiger partial charge on any atom is 0.426 e. The van der Waals surface area contributed by atoms with Crippen LogP contribution in [0.2, 0.25) is 0 Å². The zero-order valence-corrected chi connectivity index (χ0v) is 13.5. The number of carbonyl (C=O) groups excluding carboxylic acids is 3. The van der Waals surface area contributed by atoms with Crippen LogP contribution in [0.3, 0.4) is 0 Å². The Balaban J connectivity index is 1.45. The number of hydrogen-bond donors (Lipinski definition) is 1. The summed E-state index contributed by atoms with van der Waals surface area (Å²) >= 11 is 0. The highest BCUT2D eigenvalue weighted by Gasteiger charge is 2.31. The van der Waals surface area contributed by atoms with E-state index in [4.69, 9.17) is 4.74 Å². The molecular formula is C19H16N2O4. The fourth-order valence-corrected chi connectivity index (χ4v) is 3.33. The van der Waals surface area contributed by atoms with Gasteiger partial charge in [-0.05, 0) is 34.2 Å². The van der Waals surface area contributed by atoms with Gasteiger partial charge in [-0.15, -0.1) is 0 Å². The second kappa shape index (κ2) is 6.05. The summed E-state index contributed by atoms with van der Waals surface area (Å²) in [6.45, 7) is 0.0826. The first-order chi connectivity index (χ1) is 12.1. The summed E-state index contributed by atoms with van der Waals surface area (Å²) in [4.78, 5) is 34.9. The normalized spacial score (nSPS) is 15.1. The van der Waals surface area contributed by atoms with Crippen molar-refractivity contribution in [2.45, 2.75) is 25.9 Å². The Labute approximate surface area is 144 Å². The van der Waals surface area contributed by atoms with E-state index in [-0.39, 0.29) is 19.4 Å². The van der Waals surface area contributed by atoms with Gasteiger partial charge in [-0.2, -0.15) is 5.01 Å². The lowest BCUT2D eigenvalue weighted by atomic mass is 10.0. The highest BCUT2D eigenvalue weighted by molar-refractivity contribution is 6.02. The monoisotopic (exact) mass is 336 g/mol. The number of hydrazine groups is 1. The molecule has 1 N–H and O–H groups in total. The van der Waals surface area contributed by atoms with Gasteiger partial charge in [0.1, 0.15) is 6.61 Å². The standard InChI is InChI=1S/C19H16N2O4/c22-17-8-9-18(23)21(17)20-19(24)25-11-13-5-3-7-15-14-6-2-1-4-12(14)10-16(13)15/h1-7H,8-11H2,(H,20,24). The molecule has 0 aromatic heterocycles. The van der Waals surface area contributed by atoms with Crippen LogP contribution in [-0.2, 0) is 27.4 Å². The van der Waals surface area contributed by atoms with Crippen LogP contribution in [0.15, 0.2) is 42.5 Å². The largest absolute Gasteiger partial charge is 0.443 e. The van der Waals surface area contributed by atoms with Crippen molar-refractivity contribution >= 4 is 17.9 Å². The molecule has 1 heterocycles. The van der Waals surface area contributed by atoms with E-state index in [1.165, 1.54) is 11.1 Å². The SMILES string of the molecule is O=C(NN1C(=O)CCC1=O)OCc1cccc2c1Cc1ccccc1-2.